The van der Waals surface area contributed by atoms with Crippen LogP contribution in [0.1, 0.15) is 18.1 Å². The molecule has 1 heterocycles. The van der Waals surface area contributed by atoms with Gasteiger partial charge in [-0.2, -0.15) is 0 Å². The molecule has 0 saturated carbocycles. The minimum atomic E-state index is 0.760. The molecule has 0 aliphatic carbocycles. The van der Waals surface area contributed by atoms with Gasteiger partial charge in [0.1, 0.15) is 11.5 Å². The molecule has 3 nitrogen and oxygen atoms in total. The number of aromatic nitrogens is 1. The number of ether oxygens (including phenoxy) is 1. The third kappa shape index (κ3) is 3.31. The Morgan fingerprint density at radius 2 is 2.11 bits per heavy atom. The maximum atomic E-state index is 5.74. The third-order valence-electron chi connectivity index (χ3n) is 2.75. The second-order valence-corrected chi connectivity index (χ2v) is 4.16. The highest BCUT2D eigenvalue weighted by atomic mass is 16.5. The smallest absolute Gasteiger partial charge is 0.145 e. The highest BCUT2D eigenvalue weighted by molar-refractivity contribution is 5.37. The van der Waals surface area contributed by atoms with E-state index in [4.69, 9.17) is 4.74 Å². The van der Waals surface area contributed by atoms with Crippen molar-refractivity contribution < 1.29 is 4.74 Å². The van der Waals surface area contributed by atoms with Crippen molar-refractivity contribution in [2.24, 2.45) is 0 Å². The average molecular weight is 242 g/mol. The summed E-state index contributed by atoms with van der Waals surface area (Å²) in [5, 5.41) is 3.32. The fourth-order valence-corrected chi connectivity index (χ4v) is 1.73. The lowest BCUT2D eigenvalue weighted by atomic mass is 10.1. The summed E-state index contributed by atoms with van der Waals surface area (Å²) in [5.41, 5.74) is 2.53. The molecule has 0 radical (unpaired) electrons. The molecule has 0 aliphatic heterocycles. The zero-order valence-electron chi connectivity index (χ0n) is 10.8. The number of hydrogen-bond acceptors (Lipinski definition) is 3. The lowest BCUT2D eigenvalue weighted by molar-refractivity contribution is 0.479. The molecule has 1 N–H and O–H groups in total. The van der Waals surface area contributed by atoms with Crippen molar-refractivity contribution in [2.45, 2.75) is 20.4 Å². The van der Waals surface area contributed by atoms with Crippen LogP contribution in [-0.2, 0) is 6.54 Å². The molecular weight excluding hydrogens is 224 g/mol. The quantitative estimate of drug-likeness (QED) is 0.873. The summed E-state index contributed by atoms with van der Waals surface area (Å²) < 4.78 is 5.74. The summed E-state index contributed by atoms with van der Waals surface area (Å²) in [6.07, 6.45) is 3.44. The zero-order chi connectivity index (χ0) is 12.8. The Labute approximate surface area is 108 Å². The summed E-state index contributed by atoms with van der Waals surface area (Å²) in [4.78, 5) is 4.03. The molecule has 2 rings (SSSR count). The first-order valence-electron chi connectivity index (χ1n) is 6.17. The predicted octanol–water partition coefficient (Wildman–Crippen LogP) is 3.29. The van der Waals surface area contributed by atoms with E-state index in [9.17, 15) is 0 Å². The number of hydrogen-bond donors (Lipinski definition) is 1. The van der Waals surface area contributed by atoms with Crippen LogP contribution in [0.5, 0.6) is 11.5 Å². The number of pyridine rings is 1. The first kappa shape index (κ1) is 12.6. The van der Waals surface area contributed by atoms with Crippen LogP contribution < -0.4 is 10.1 Å². The van der Waals surface area contributed by atoms with Gasteiger partial charge < -0.3 is 10.1 Å². The van der Waals surface area contributed by atoms with E-state index in [2.05, 4.69) is 36.3 Å². The Kier molecular flexibility index (Phi) is 4.31. The minimum absolute atomic E-state index is 0.760. The van der Waals surface area contributed by atoms with E-state index >= 15 is 0 Å². The monoisotopic (exact) mass is 242 g/mol. The normalized spacial score (nSPS) is 10.3. The summed E-state index contributed by atoms with van der Waals surface area (Å²) in [5.74, 6) is 1.61. The highest BCUT2D eigenvalue weighted by Crippen LogP contribution is 2.22. The Morgan fingerprint density at radius 3 is 2.78 bits per heavy atom. The molecule has 0 amide bonds. The van der Waals surface area contributed by atoms with Gasteiger partial charge in [0.25, 0.3) is 0 Å². The van der Waals surface area contributed by atoms with Gasteiger partial charge in [-0.15, -0.1) is 0 Å². The Bertz CT molecular complexity index is 497. The fraction of sp³-hybridized carbons (Fsp3) is 0.267. The van der Waals surface area contributed by atoms with Crippen molar-refractivity contribution in [3.05, 3.63) is 53.9 Å². The molecule has 2 aromatic rings. The van der Waals surface area contributed by atoms with Crippen LogP contribution in [0, 0.1) is 6.92 Å². The topological polar surface area (TPSA) is 34.1 Å². The minimum Gasteiger partial charge on any atom is -0.456 e. The standard InChI is InChI=1S/C15H18N2O/c1-3-16-10-13-6-7-14(9-12(13)2)18-15-5-4-8-17-11-15/h4-9,11,16H,3,10H2,1-2H3. The van der Waals surface area contributed by atoms with E-state index in [1.807, 2.05) is 18.2 Å². The second-order valence-electron chi connectivity index (χ2n) is 4.16. The number of nitrogens with one attached hydrogen (secondary N) is 1. The Hall–Kier alpha value is -1.87. The van der Waals surface area contributed by atoms with Crippen LogP contribution in [0.4, 0.5) is 0 Å². The summed E-state index contributed by atoms with van der Waals surface area (Å²) in [7, 11) is 0. The number of aryl methyl sites for hydroxylation is 1. The number of rotatable bonds is 5. The van der Waals surface area contributed by atoms with Crippen molar-refractivity contribution >= 4 is 0 Å². The molecule has 3 heteroatoms. The largest absolute Gasteiger partial charge is 0.456 e. The summed E-state index contributed by atoms with van der Waals surface area (Å²) in [6.45, 7) is 6.08. The molecule has 0 atom stereocenters. The van der Waals surface area contributed by atoms with Gasteiger partial charge in [-0.1, -0.05) is 13.0 Å². The van der Waals surface area contributed by atoms with Gasteiger partial charge in [0.2, 0.25) is 0 Å². The van der Waals surface area contributed by atoms with Crippen LogP contribution in [-0.4, -0.2) is 11.5 Å². The maximum absolute atomic E-state index is 5.74. The SMILES string of the molecule is CCNCc1ccc(Oc2cccnc2)cc1C. The maximum Gasteiger partial charge on any atom is 0.145 e. The van der Waals surface area contributed by atoms with Crippen LogP contribution >= 0.6 is 0 Å². The molecule has 94 valence electrons. The molecule has 18 heavy (non-hydrogen) atoms. The molecule has 1 aromatic heterocycles. The molecule has 0 fully saturated rings. The van der Waals surface area contributed by atoms with E-state index in [0.717, 1.165) is 24.6 Å². The zero-order valence-corrected chi connectivity index (χ0v) is 10.8. The van der Waals surface area contributed by atoms with E-state index in [1.165, 1.54) is 11.1 Å². The third-order valence-corrected chi connectivity index (χ3v) is 2.75. The van der Waals surface area contributed by atoms with E-state index in [1.54, 1.807) is 12.4 Å². The number of benzene rings is 1. The molecule has 0 aliphatic rings. The molecular formula is C15H18N2O. The molecule has 0 bridgehead atoms. The van der Waals surface area contributed by atoms with Crippen molar-refractivity contribution in [3.8, 4) is 11.5 Å². The van der Waals surface area contributed by atoms with Crippen molar-refractivity contribution in [1.29, 1.82) is 0 Å². The average Bonchev–Trinajstić information content (AvgIpc) is 2.39. The molecule has 0 unspecified atom stereocenters. The van der Waals surface area contributed by atoms with Crippen LogP contribution in [0.25, 0.3) is 0 Å². The van der Waals surface area contributed by atoms with Gasteiger partial charge in [0.15, 0.2) is 0 Å². The molecule has 0 spiro atoms. The van der Waals surface area contributed by atoms with Crippen LogP contribution in [0.3, 0.4) is 0 Å². The summed E-state index contributed by atoms with van der Waals surface area (Å²) in [6, 6.07) is 9.91. The van der Waals surface area contributed by atoms with Gasteiger partial charge in [0, 0.05) is 12.7 Å². The van der Waals surface area contributed by atoms with E-state index < -0.39 is 0 Å². The van der Waals surface area contributed by atoms with Gasteiger partial charge in [-0.05, 0) is 48.9 Å². The van der Waals surface area contributed by atoms with Crippen molar-refractivity contribution in [1.82, 2.24) is 10.3 Å². The van der Waals surface area contributed by atoms with Gasteiger partial charge >= 0.3 is 0 Å². The Balaban J connectivity index is 2.09. The lowest BCUT2D eigenvalue weighted by Gasteiger charge is -2.10. The van der Waals surface area contributed by atoms with E-state index in [0.29, 0.717) is 0 Å². The highest BCUT2D eigenvalue weighted by Gasteiger charge is 2.01. The lowest BCUT2D eigenvalue weighted by Crippen LogP contribution is -2.12. The molecule has 0 saturated heterocycles. The molecule has 1 aromatic carbocycles. The Morgan fingerprint density at radius 1 is 1.22 bits per heavy atom. The fourth-order valence-electron chi connectivity index (χ4n) is 1.73. The second kappa shape index (κ2) is 6.17. The number of nitrogens with zero attached hydrogens (tertiary/aromatic N) is 1. The predicted molar refractivity (Wildman–Crippen MR) is 72.9 cm³/mol. The van der Waals surface area contributed by atoms with Gasteiger partial charge in [-0.25, -0.2) is 0 Å². The van der Waals surface area contributed by atoms with Crippen molar-refractivity contribution in [2.75, 3.05) is 6.54 Å². The summed E-state index contributed by atoms with van der Waals surface area (Å²) >= 11 is 0. The van der Waals surface area contributed by atoms with Crippen molar-refractivity contribution in [3.63, 3.8) is 0 Å². The first-order chi connectivity index (χ1) is 8.79. The van der Waals surface area contributed by atoms with Crippen LogP contribution in [0.2, 0.25) is 0 Å². The van der Waals surface area contributed by atoms with Gasteiger partial charge in [-0.3, -0.25) is 4.98 Å². The van der Waals surface area contributed by atoms with Gasteiger partial charge in [0.05, 0.1) is 6.20 Å². The first-order valence-corrected chi connectivity index (χ1v) is 6.17. The van der Waals surface area contributed by atoms with E-state index in [-0.39, 0.29) is 0 Å². The van der Waals surface area contributed by atoms with Crippen LogP contribution in [0.15, 0.2) is 42.7 Å².